The maximum atomic E-state index is 5.78. The third-order valence-electron chi connectivity index (χ3n) is 3.78. The number of hydrogen-bond donors (Lipinski definition) is 2. The standard InChI is InChI=1S/C18H32N4O2S/c1-4-19-18(20-7-5-8-24-15-6-9-23-13-15)22-12-16-11-21-17(25-16)10-14(2)3/h11,14-15H,4-10,12-13H2,1-3H3,(H2,19,20,22). The van der Waals surface area contributed by atoms with E-state index in [1.54, 1.807) is 11.3 Å². The fourth-order valence-corrected chi connectivity index (χ4v) is 3.60. The maximum absolute atomic E-state index is 5.78. The molecule has 1 fully saturated rings. The van der Waals surface area contributed by atoms with Crippen molar-refractivity contribution in [1.29, 1.82) is 0 Å². The summed E-state index contributed by atoms with van der Waals surface area (Å²) in [5.41, 5.74) is 0. The number of nitrogens with one attached hydrogen (secondary N) is 2. The summed E-state index contributed by atoms with van der Waals surface area (Å²) in [7, 11) is 0. The Morgan fingerprint density at radius 3 is 3.08 bits per heavy atom. The van der Waals surface area contributed by atoms with Gasteiger partial charge in [-0.05, 0) is 25.7 Å². The minimum absolute atomic E-state index is 0.285. The molecule has 7 heteroatoms. The van der Waals surface area contributed by atoms with E-state index in [-0.39, 0.29) is 6.10 Å². The third-order valence-corrected chi connectivity index (χ3v) is 4.78. The minimum atomic E-state index is 0.285. The van der Waals surface area contributed by atoms with E-state index < -0.39 is 0 Å². The summed E-state index contributed by atoms with van der Waals surface area (Å²) in [6.07, 6.45) is 5.25. The third kappa shape index (κ3) is 8.16. The zero-order valence-electron chi connectivity index (χ0n) is 15.7. The van der Waals surface area contributed by atoms with Crippen LogP contribution in [0.15, 0.2) is 11.2 Å². The molecule has 1 unspecified atom stereocenters. The molecule has 142 valence electrons. The molecule has 2 rings (SSSR count). The van der Waals surface area contributed by atoms with Crippen LogP contribution in [0.5, 0.6) is 0 Å². The van der Waals surface area contributed by atoms with Gasteiger partial charge in [-0.2, -0.15) is 0 Å². The van der Waals surface area contributed by atoms with Crippen LogP contribution in [0.3, 0.4) is 0 Å². The zero-order valence-corrected chi connectivity index (χ0v) is 16.5. The normalized spacial score (nSPS) is 18.1. The Kier molecular flexibility index (Phi) is 9.21. The zero-order chi connectivity index (χ0) is 17.9. The Bertz CT molecular complexity index is 513. The van der Waals surface area contributed by atoms with Crippen molar-refractivity contribution in [1.82, 2.24) is 15.6 Å². The molecule has 1 atom stereocenters. The molecule has 0 radical (unpaired) electrons. The predicted molar refractivity (Wildman–Crippen MR) is 103 cm³/mol. The lowest BCUT2D eigenvalue weighted by Gasteiger charge is -2.12. The van der Waals surface area contributed by atoms with Crippen molar-refractivity contribution in [2.45, 2.75) is 52.7 Å². The molecule has 25 heavy (non-hydrogen) atoms. The molecule has 0 aliphatic carbocycles. The monoisotopic (exact) mass is 368 g/mol. The molecule has 0 bridgehead atoms. The molecule has 0 aromatic carbocycles. The first-order chi connectivity index (χ1) is 12.2. The first-order valence-corrected chi connectivity index (χ1v) is 10.1. The molecule has 0 saturated carbocycles. The Morgan fingerprint density at radius 1 is 1.48 bits per heavy atom. The van der Waals surface area contributed by atoms with Crippen LogP contribution in [0.25, 0.3) is 0 Å². The minimum Gasteiger partial charge on any atom is -0.379 e. The lowest BCUT2D eigenvalue weighted by molar-refractivity contribution is 0.0420. The van der Waals surface area contributed by atoms with Gasteiger partial charge < -0.3 is 20.1 Å². The van der Waals surface area contributed by atoms with Crippen molar-refractivity contribution in [2.24, 2.45) is 10.9 Å². The molecule has 2 N–H and O–H groups in total. The number of nitrogens with zero attached hydrogens (tertiary/aromatic N) is 2. The quantitative estimate of drug-likeness (QED) is 0.377. The molecular weight excluding hydrogens is 336 g/mol. The summed E-state index contributed by atoms with van der Waals surface area (Å²) >= 11 is 1.76. The van der Waals surface area contributed by atoms with Crippen molar-refractivity contribution >= 4 is 17.3 Å². The van der Waals surface area contributed by atoms with Crippen molar-refractivity contribution in [3.63, 3.8) is 0 Å². The molecule has 1 aliphatic rings. The Labute approximate surface area is 155 Å². The smallest absolute Gasteiger partial charge is 0.191 e. The Hall–Kier alpha value is -1.18. The van der Waals surface area contributed by atoms with Crippen molar-refractivity contribution < 1.29 is 9.47 Å². The van der Waals surface area contributed by atoms with E-state index in [0.717, 1.165) is 58.1 Å². The summed E-state index contributed by atoms with van der Waals surface area (Å²) in [5.74, 6) is 1.49. The molecule has 1 aromatic rings. The summed E-state index contributed by atoms with van der Waals surface area (Å²) in [4.78, 5) is 10.3. The van der Waals surface area contributed by atoms with Gasteiger partial charge in [0.2, 0.25) is 0 Å². The first kappa shape index (κ1) is 20.1. The van der Waals surface area contributed by atoms with Gasteiger partial charge in [0.15, 0.2) is 5.96 Å². The van der Waals surface area contributed by atoms with E-state index in [1.165, 1.54) is 9.88 Å². The number of hydrogen-bond acceptors (Lipinski definition) is 5. The van der Waals surface area contributed by atoms with Crippen LogP contribution in [0.2, 0.25) is 0 Å². The van der Waals surface area contributed by atoms with E-state index in [9.17, 15) is 0 Å². The van der Waals surface area contributed by atoms with E-state index >= 15 is 0 Å². The summed E-state index contributed by atoms with van der Waals surface area (Å²) < 4.78 is 11.1. The molecule has 0 spiro atoms. The van der Waals surface area contributed by atoms with Gasteiger partial charge in [0.05, 0.1) is 24.3 Å². The van der Waals surface area contributed by atoms with E-state index in [2.05, 4.69) is 41.4 Å². The average Bonchev–Trinajstić information content (AvgIpc) is 3.23. The topological polar surface area (TPSA) is 67.8 Å². The lowest BCUT2D eigenvalue weighted by atomic mass is 10.1. The van der Waals surface area contributed by atoms with Gasteiger partial charge in [-0.15, -0.1) is 11.3 Å². The van der Waals surface area contributed by atoms with Crippen LogP contribution in [-0.2, 0) is 22.4 Å². The molecule has 0 amide bonds. The largest absolute Gasteiger partial charge is 0.379 e. The number of rotatable bonds is 10. The predicted octanol–water partition coefficient (Wildman–Crippen LogP) is 2.59. The van der Waals surface area contributed by atoms with E-state index in [4.69, 9.17) is 9.47 Å². The highest BCUT2D eigenvalue weighted by Gasteiger charge is 2.15. The lowest BCUT2D eigenvalue weighted by Crippen LogP contribution is -2.38. The number of aliphatic imine (C=N–C) groups is 1. The fraction of sp³-hybridized carbons (Fsp3) is 0.778. The highest BCUT2D eigenvalue weighted by Crippen LogP contribution is 2.17. The highest BCUT2D eigenvalue weighted by atomic mass is 32.1. The summed E-state index contributed by atoms with van der Waals surface area (Å²) in [5, 5.41) is 7.85. The average molecular weight is 369 g/mol. The number of thiazole rings is 1. The summed E-state index contributed by atoms with van der Waals surface area (Å²) in [6.45, 7) is 11.2. The van der Waals surface area contributed by atoms with Crippen LogP contribution in [-0.4, -0.2) is 50.0 Å². The number of ether oxygens (including phenoxy) is 2. The van der Waals surface area contributed by atoms with Crippen LogP contribution in [0, 0.1) is 5.92 Å². The molecule has 1 aliphatic heterocycles. The van der Waals surface area contributed by atoms with Crippen LogP contribution < -0.4 is 10.6 Å². The molecule has 2 heterocycles. The second-order valence-electron chi connectivity index (χ2n) is 6.65. The van der Waals surface area contributed by atoms with Gasteiger partial charge in [-0.25, -0.2) is 9.98 Å². The highest BCUT2D eigenvalue weighted by molar-refractivity contribution is 7.11. The molecule has 6 nitrogen and oxygen atoms in total. The van der Waals surface area contributed by atoms with Gasteiger partial charge in [-0.3, -0.25) is 0 Å². The van der Waals surface area contributed by atoms with Gasteiger partial charge in [0.25, 0.3) is 0 Å². The van der Waals surface area contributed by atoms with Gasteiger partial charge in [0.1, 0.15) is 0 Å². The second-order valence-corrected chi connectivity index (χ2v) is 7.85. The van der Waals surface area contributed by atoms with Crippen LogP contribution in [0.4, 0.5) is 0 Å². The van der Waals surface area contributed by atoms with Gasteiger partial charge in [0, 0.05) is 43.8 Å². The maximum Gasteiger partial charge on any atom is 0.191 e. The van der Waals surface area contributed by atoms with E-state index in [1.807, 2.05) is 6.20 Å². The van der Waals surface area contributed by atoms with Gasteiger partial charge in [-0.1, -0.05) is 13.8 Å². The second kappa shape index (κ2) is 11.4. The summed E-state index contributed by atoms with van der Waals surface area (Å²) in [6, 6.07) is 0. The van der Waals surface area contributed by atoms with Gasteiger partial charge >= 0.3 is 0 Å². The van der Waals surface area contributed by atoms with Crippen LogP contribution >= 0.6 is 11.3 Å². The molecule has 1 aromatic heterocycles. The molecular formula is C18H32N4O2S. The Balaban J connectivity index is 1.68. The van der Waals surface area contributed by atoms with Crippen molar-refractivity contribution in [3.8, 4) is 0 Å². The van der Waals surface area contributed by atoms with Crippen molar-refractivity contribution in [2.75, 3.05) is 32.9 Å². The van der Waals surface area contributed by atoms with E-state index in [0.29, 0.717) is 12.5 Å². The first-order valence-electron chi connectivity index (χ1n) is 9.32. The SMILES string of the molecule is CCNC(=NCc1cnc(CC(C)C)s1)NCCCOC1CCOC1. The van der Waals surface area contributed by atoms with Crippen molar-refractivity contribution in [3.05, 3.63) is 16.1 Å². The van der Waals surface area contributed by atoms with Crippen LogP contribution in [0.1, 0.15) is 43.5 Å². The Morgan fingerprint density at radius 2 is 2.36 bits per heavy atom. The fourth-order valence-electron chi connectivity index (χ4n) is 2.54. The number of aromatic nitrogens is 1. The molecule has 1 saturated heterocycles. The number of guanidine groups is 1.